The molecule has 18 heavy (non-hydrogen) atoms. The fourth-order valence-electron chi connectivity index (χ4n) is 1.34. The zero-order valence-corrected chi connectivity index (χ0v) is 12.2. The van der Waals surface area contributed by atoms with E-state index in [4.69, 9.17) is 15.4 Å². The Hall–Kier alpha value is -1.04. The number of rotatable bonds is 3. The summed E-state index contributed by atoms with van der Waals surface area (Å²) in [4.78, 5) is 0.0470. The van der Waals surface area contributed by atoms with Gasteiger partial charge in [-0.15, -0.1) is 0 Å². The summed E-state index contributed by atoms with van der Waals surface area (Å²) in [5, 5.41) is 0. The quantitative estimate of drug-likeness (QED) is 0.783. The van der Waals surface area contributed by atoms with Crippen molar-refractivity contribution in [2.24, 2.45) is 0 Å². The lowest BCUT2D eigenvalue weighted by Gasteiger charge is -2.06. The lowest BCUT2D eigenvalue weighted by Crippen LogP contribution is -1.90. The third-order valence-corrected chi connectivity index (χ3v) is 4.00. The van der Waals surface area contributed by atoms with Crippen LogP contribution in [0.1, 0.15) is 0 Å². The number of hydrogen-bond donors (Lipinski definition) is 0. The van der Waals surface area contributed by atoms with Gasteiger partial charge in [0.25, 0.3) is 9.05 Å². The Kier molecular flexibility index (Phi) is 3.94. The first kappa shape index (κ1) is 13.4. The van der Waals surface area contributed by atoms with Crippen molar-refractivity contribution in [1.29, 1.82) is 0 Å². The molecule has 0 unspecified atom stereocenters. The summed E-state index contributed by atoms with van der Waals surface area (Å²) in [5.74, 6) is 1.20. The molecular weight excluding hydrogens is 340 g/mol. The maximum atomic E-state index is 11.1. The number of hydrogen-bond acceptors (Lipinski definition) is 3. The Morgan fingerprint density at radius 2 is 1.67 bits per heavy atom. The molecule has 0 aliphatic rings. The standard InChI is InChI=1S/C12H8BrClO3S/c13-9-2-1-3-11(8-9)17-10-4-6-12(7-5-10)18(14,15)16/h1-8H. The fourth-order valence-corrected chi connectivity index (χ4v) is 2.48. The Balaban J connectivity index is 2.21. The molecule has 0 aliphatic carbocycles. The van der Waals surface area contributed by atoms with Crippen molar-refractivity contribution >= 4 is 35.7 Å². The topological polar surface area (TPSA) is 43.4 Å². The first-order chi connectivity index (χ1) is 8.45. The van der Waals surface area contributed by atoms with Crippen LogP contribution in [-0.2, 0) is 9.05 Å². The lowest BCUT2D eigenvalue weighted by atomic mass is 10.3. The first-order valence-corrected chi connectivity index (χ1v) is 8.03. The highest BCUT2D eigenvalue weighted by Gasteiger charge is 2.09. The zero-order valence-electron chi connectivity index (χ0n) is 9.01. The van der Waals surface area contributed by atoms with E-state index in [0.29, 0.717) is 11.5 Å². The van der Waals surface area contributed by atoms with Gasteiger partial charge < -0.3 is 4.74 Å². The van der Waals surface area contributed by atoms with Gasteiger partial charge in [-0.05, 0) is 42.5 Å². The average molecular weight is 348 g/mol. The highest BCUT2D eigenvalue weighted by molar-refractivity contribution is 9.10. The lowest BCUT2D eigenvalue weighted by molar-refractivity contribution is 0.482. The van der Waals surface area contributed by atoms with Gasteiger partial charge in [0.1, 0.15) is 11.5 Å². The van der Waals surface area contributed by atoms with Gasteiger partial charge in [0.15, 0.2) is 0 Å². The summed E-state index contributed by atoms with van der Waals surface area (Å²) in [7, 11) is 1.53. The van der Waals surface area contributed by atoms with Crippen LogP contribution in [0.15, 0.2) is 57.9 Å². The van der Waals surface area contributed by atoms with E-state index in [0.717, 1.165) is 4.47 Å². The molecule has 0 amide bonds. The van der Waals surface area contributed by atoms with Crippen LogP contribution in [0.4, 0.5) is 0 Å². The van der Waals surface area contributed by atoms with Crippen LogP contribution < -0.4 is 4.74 Å². The van der Waals surface area contributed by atoms with Gasteiger partial charge in [0.05, 0.1) is 4.90 Å². The molecule has 2 rings (SSSR count). The minimum atomic E-state index is -3.69. The Bertz CT molecular complexity index is 653. The summed E-state index contributed by atoms with van der Waals surface area (Å²) >= 11 is 3.34. The number of benzene rings is 2. The van der Waals surface area contributed by atoms with Crippen molar-refractivity contribution in [2.45, 2.75) is 4.90 Å². The molecule has 0 heterocycles. The van der Waals surface area contributed by atoms with Gasteiger partial charge in [-0.25, -0.2) is 8.42 Å². The highest BCUT2D eigenvalue weighted by Crippen LogP contribution is 2.26. The summed E-state index contributed by atoms with van der Waals surface area (Å²) in [6.45, 7) is 0. The van der Waals surface area contributed by atoms with E-state index >= 15 is 0 Å². The van der Waals surface area contributed by atoms with E-state index in [-0.39, 0.29) is 4.90 Å². The Labute approximate surface area is 118 Å². The van der Waals surface area contributed by atoms with Gasteiger partial charge in [-0.1, -0.05) is 22.0 Å². The molecule has 0 aromatic heterocycles. The van der Waals surface area contributed by atoms with Crippen LogP contribution in [0.3, 0.4) is 0 Å². The molecule has 0 atom stereocenters. The zero-order chi connectivity index (χ0) is 13.2. The predicted molar refractivity (Wildman–Crippen MR) is 73.7 cm³/mol. The van der Waals surface area contributed by atoms with Crippen LogP contribution in [0, 0.1) is 0 Å². The Morgan fingerprint density at radius 3 is 2.22 bits per heavy atom. The molecule has 0 saturated heterocycles. The molecule has 0 fully saturated rings. The maximum Gasteiger partial charge on any atom is 0.261 e. The second-order valence-electron chi connectivity index (χ2n) is 3.47. The van der Waals surface area contributed by atoms with E-state index in [9.17, 15) is 8.42 Å². The molecule has 3 nitrogen and oxygen atoms in total. The van der Waals surface area contributed by atoms with Crippen molar-refractivity contribution in [3.05, 3.63) is 53.0 Å². The van der Waals surface area contributed by atoms with Crippen molar-refractivity contribution in [3.63, 3.8) is 0 Å². The van der Waals surface area contributed by atoms with Crippen molar-refractivity contribution < 1.29 is 13.2 Å². The molecule has 0 saturated carbocycles. The van der Waals surface area contributed by atoms with E-state index in [1.165, 1.54) is 12.1 Å². The monoisotopic (exact) mass is 346 g/mol. The molecule has 0 N–H and O–H groups in total. The third-order valence-electron chi connectivity index (χ3n) is 2.14. The smallest absolute Gasteiger partial charge is 0.261 e. The fraction of sp³-hybridized carbons (Fsp3) is 0. The maximum absolute atomic E-state index is 11.1. The summed E-state index contributed by atoms with van der Waals surface area (Å²) in [6, 6.07) is 13.2. The average Bonchev–Trinajstić information content (AvgIpc) is 2.28. The molecule has 2 aromatic rings. The van der Waals surface area contributed by atoms with Crippen LogP contribution >= 0.6 is 26.6 Å². The molecule has 0 radical (unpaired) electrons. The minimum absolute atomic E-state index is 0.0470. The van der Waals surface area contributed by atoms with Gasteiger partial charge in [0.2, 0.25) is 0 Å². The molecule has 0 aliphatic heterocycles. The van der Waals surface area contributed by atoms with Crippen LogP contribution in [0.5, 0.6) is 11.5 Å². The second-order valence-corrected chi connectivity index (χ2v) is 6.95. The first-order valence-electron chi connectivity index (χ1n) is 4.93. The van der Waals surface area contributed by atoms with E-state index in [2.05, 4.69) is 15.9 Å². The summed E-state index contributed by atoms with van der Waals surface area (Å²) in [5.41, 5.74) is 0. The van der Waals surface area contributed by atoms with Gasteiger partial charge in [0, 0.05) is 15.2 Å². The van der Waals surface area contributed by atoms with E-state index < -0.39 is 9.05 Å². The number of halogens is 2. The minimum Gasteiger partial charge on any atom is -0.457 e. The highest BCUT2D eigenvalue weighted by atomic mass is 79.9. The van der Waals surface area contributed by atoms with Gasteiger partial charge in [-0.2, -0.15) is 0 Å². The molecular formula is C12H8BrClO3S. The third kappa shape index (κ3) is 3.48. The van der Waals surface area contributed by atoms with Gasteiger partial charge >= 0.3 is 0 Å². The molecule has 94 valence electrons. The Morgan fingerprint density at radius 1 is 1.00 bits per heavy atom. The summed E-state index contributed by atoms with van der Waals surface area (Å²) in [6.07, 6.45) is 0. The normalized spacial score (nSPS) is 11.2. The van der Waals surface area contributed by atoms with Crippen molar-refractivity contribution in [1.82, 2.24) is 0 Å². The molecule has 0 spiro atoms. The SMILES string of the molecule is O=S(=O)(Cl)c1ccc(Oc2cccc(Br)c2)cc1. The number of ether oxygens (including phenoxy) is 1. The molecule has 0 bridgehead atoms. The second kappa shape index (κ2) is 5.30. The molecule has 2 aromatic carbocycles. The van der Waals surface area contributed by atoms with Crippen LogP contribution in [0.2, 0.25) is 0 Å². The predicted octanol–water partition coefficient (Wildman–Crippen LogP) is 4.17. The van der Waals surface area contributed by atoms with Crippen molar-refractivity contribution in [3.8, 4) is 11.5 Å². The molecule has 6 heteroatoms. The van der Waals surface area contributed by atoms with E-state index in [1.807, 2.05) is 18.2 Å². The van der Waals surface area contributed by atoms with Crippen molar-refractivity contribution in [2.75, 3.05) is 0 Å². The van der Waals surface area contributed by atoms with Crippen LogP contribution in [0.25, 0.3) is 0 Å². The van der Waals surface area contributed by atoms with Crippen LogP contribution in [-0.4, -0.2) is 8.42 Å². The summed E-state index contributed by atoms with van der Waals surface area (Å²) < 4.78 is 28.6. The largest absolute Gasteiger partial charge is 0.457 e. The van der Waals surface area contributed by atoms with E-state index in [1.54, 1.807) is 18.2 Å². The van der Waals surface area contributed by atoms with Gasteiger partial charge in [-0.3, -0.25) is 0 Å².